The van der Waals surface area contributed by atoms with Gasteiger partial charge in [-0.1, -0.05) is 23.4 Å². The van der Waals surface area contributed by atoms with Crippen molar-refractivity contribution in [2.45, 2.75) is 6.54 Å². The second-order valence-electron chi connectivity index (χ2n) is 6.75. The molecule has 0 unspecified atom stereocenters. The van der Waals surface area contributed by atoms with Gasteiger partial charge in [-0.25, -0.2) is 14.8 Å². The number of morpholine rings is 1. The van der Waals surface area contributed by atoms with Crippen molar-refractivity contribution in [2.75, 3.05) is 32.0 Å². The largest absolute Gasteiger partial charge is 0.478 e. The summed E-state index contributed by atoms with van der Waals surface area (Å²) in [6, 6.07) is 6.26. The van der Waals surface area contributed by atoms with Crippen molar-refractivity contribution in [2.24, 2.45) is 5.10 Å². The lowest BCUT2D eigenvalue weighted by atomic mass is 10.1. The SMILES string of the molecule is Nc1nonc1-n1nnc(CN2CCOCC2)c1C(=O)N/N=C\c1ccccc1C(=O)O. The van der Waals surface area contributed by atoms with Gasteiger partial charge in [-0.2, -0.15) is 9.78 Å². The average Bonchev–Trinajstić information content (AvgIpc) is 3.40. The number of aromatic nitrogens is 5. The molecule has 0 spiro atoms. The van der Waals surface area contributed by atoms with Gasteiger partial charge in [0.15, 0.2) is 5.69 Å². The molecule has 2 aromatic heterocycles. The average molecular weight is 441 g/mol. The third-order valence-electron chi connectivity index (χ3n) is 4.69. The fraction of sp³-hybridized carbons (Fsp3) is 0.278. The molecule has 0 saturated carbocycles. The number of aromatic carboxylic acids is 1. The molecule has 32 heavy (non-hydrogen) atoms. The first-order valence-corrected chi connectivity index (χ1v) is 9.53. The minimum absolute atomic E-state index is 0.0103. The molecule has 3 aromatic rings. The van der Waals surface area contributed by atoms with Crippen LogP contribution in [0.15, 0.2) is 34.0 Å². The fourth-order valence-electron chi connectivity index (χ4n) is 3.12. The summed E-state index contributed by atoms with van der Waals surface area (Å²) in [5, 5.41) is 28.4. The molecule has 0 atom stereocenters. The van der Waals surface area contributed by atoms with Gasteiger partial charge in [-0.05, 0) is 16.4 Å². The van der Waals surface area contributed by atoms with Crippen molar-refractivity contribution < 1.29 is 24.1 Å². The van der Waals surface area contributed by atoms with Crippen LogP contribution < -0.4 is 11.2 Å². The van der Waals surface area contributed by atoms with Crippen LogP contribution in [-0.4, -0.2) is 79.7 Å². The van der Waals surface area contributed by atoms with E-state index in [2.05, 4.69) is 40.7 Å². The molecule has 1 amide bonds. The number of carbonyl (C=O) groups is 2. The zero-order valence-electron chi connectivity index (χ0n) is 16.7. The molecule has 1 aliphatic rings. The van der Waals surface area contributed by atoms with E-state index in [-0.39, 0.29) is 22.9 Å². The van der Waals surface area contributed by atoms with Crippen molar-refractivity contribution in [1.82, 2.24) is 35.6 Å². The number of hydrazone groups is 1. The van der Waals surface area contributed by atoms with E-state index in [9.17, 15) is 14.7 Å². The monoisotopic (exact) mass is 441 g/mol. The molecule has 0 aliphatic carbocycles. The number of carbonyl (C=O) groups excluding carboxylic acids is 1. The molecule has 4 rings (SSSR count). The van der Waals surface area contributed by atoms with Crippen LogP contribution in [0, 0.1) is 0 Å². The minimum Gasteiger partial charge on any atom is -0.478 e. The Bertz CT molecular complexity index is 1150. The summed E-state index contributed by atoms with van der Waals surface area (Å²) >= 11 is 0. The highest BCUT2D eigenvalue weighted by Crippen LogP contribution is 2.17. The van der Waals surface area contributed by atoms with Crippen molar-refractivity contribution >= 4 is 23.9 Å². The second-order valence-corrected chi connectivity index (χ2v) is 6.75. The molecular weight excluding hydrogens is 422 g/mol. The number of carboxylic acid groups (broad SMARTS) is 1. The molecule has 3 heterocycles. The van der Waals surface area contributed by atoms with Gasteiger partial charge in [-0.3, -0.25) is 9.69 Å². The van der Waals surface area contributed by atoms with Crippen molar-refractivity contribution in [1.29, 1.82) is 0 Å². The lowest BCUT2D eigenvalue weighted by Crippen LogP contribution is -2.36. The van der Waals surface area contributed by atoms with Gasteiger partial charge in [0.2, 0.25) is 11.6 Å². The van der Waals surface area contributed by atoms with Crippen molar-refractivity contribution in [3.8, 4) is 5.82 Å². The van der Waals surface area contributed by atoms with Gasteiger partial charge in [-0.15, -0.1) is 5.10 Å². The number of nitrogen functional groups attached to an aromatic ring is 1. The summed E-state index contributed by atoms with van der Waals surface area (Å²) in [5.41, 5.74) is 8.91. The van der Waals surface area contributed by atoms with Gasteiger partial charge >= 0.3 is 5.97 Å². The number of amides is 1. The van der Waals surface area contributed by atoms with E-state index in [0.717, 1.165) is 4.68 Å². The van der Waals surface area contributed by atoms with Crippen LogP contribution in [0.1, 0.15) is 32.1 Å². The molecule has 1 aromatic carbocycles. The fourth-order valence-corrected chi connectivity index (χ4v) is 3.12. The van der Waals surface area contributed by atoms with E-state index < -0.39 is 11.9 Å². The normalized spacial score (nSPS) is 14.6. The number of ether oxygens (including phenoxy) is 1. The van der Waals surface area contributed by atoms with Crippen molar-refractivity contribution in [3.05, 3.63) is 46.8 Å². The summed E-state index contributed by atoms with van der Waals surface area (Å²) in [5.74, 6) is -1.82. The Morgan fingerprint density at radius 3 is 2.75 bits per heavy atom. The van der Waals surface area contributed by atoms with Crippen LogP contribution >= 0.6 is 0 Å². The molecule has 14 nitrogen and oxygen atoms in total. The maximum atomic E-state index is 13.0. The molecule has 166 valence electrons. The summed E-state index contributed by atoms with van der Waals surface area (Å²) in [4.78, 5) is 26.4. The van der Waals surface area contributed by atoms with E-state index in [1.54, 1.807) is 18.2 Å². The van der Waals surface area contributed by atoms with Crippen molar-refractivity contribution in [3.63, 3.8) is 0 Å². The zero-order valence-corrected chi connectivity index (χ0v) is 16.7. The Kier molecular flexibility index (Phi) is 6.14. The van der Waals surface area contributed by atoms with Gasteiger partial charge in [0, 0.05) is 25.2 Å². The number of hydrogen-bond acceptors (Lipinski definition) is 11. The van der Waals surface area contributed by atoms with Crippen LogP contribution in [0.5, 0.6) is 0 Å². The quantitative estimate of drug-likeness (QED) is 0.317. The Labute approximate surface area is 180 Å². The first-order chi connectivity index (χ1) is 15.5. The van der Waals surface area contributed by atoms with E-state index >= 15 is 0 Å². The Hall–Kier alpha value is -4.17. The van der Waals surface area contributed by atoms with Crippen LogP contribution in [0.3, 0.4) is 0 Å². The highest BCUT2D eigenvalue weighted by atomic mass is 16.6. The lowest BCUT2D eigenvalue weighted by Gasteiger charge is -2.25. The number of nitrogens with one attached hydrogen (secondary N) is 1. The molecule has 1 fully saturated rings. The number of hydrogen-bond donors (Lipinski definition) is 3. The maximum absolute atomic E-state index is 13.0. The number of benzene rings is 1. The number of nitrogens with two attached hydrogens (primary N) is 1. The second kappa shape index (κ2) is 9.32. The third-order valence-corrected chi connectivity index (χ3v) is 4.69. The number of rotatable bonds is 7. The highest BCUT2D eigenvalue weighted by Gasteiger charge is 2.26. The zero-order chi connectivity index (χ0) is 22.5. The Morgan fingerprint density at radius 2 is 2.03 bits per heavy atom. The first kappa shape index (κ1) is 21.1. The standard InChI is InChI=1S/C18H19N9O5/c19-15-16(24-32-23-15)27-14(13(21-25-27)10-26-5-7-31-8-6-26)17(28)22-20-9-11-3-1-2-4-12(11)18(29)30/h1-4,9H,5-8,10H2,(H2,19,23)(H,22,28)(H,29,30)/b20-9-. The molecule has 1 saturated heterocycles. The third kappa shape index (κ3) is 4.45. The number of carboxylic acids is 1. The van der Waals surface area contributed by atoms with Gasteiger partial charge in [0.25, 0.3) is 5.91 Å². The summed E-state index contributed by atoms with van der Waals surface area (Å²) in [6.45, 7) is 2.83. The smallest absolute Gasteiger partial charge is 0.336 e. The van der Waals surface area contributed by atoms with Gasteiger partial charge < -0.3 is 15.6 Å². The predicted molar refractivity (Wildman–Crippen MR) is 108 cm³/mol. The van der Waals surface area contributed by atoms with E-state index in [4.69, 9.17) is 10.5 Å². The summed E-state index contributed by atoms with van der Waals surface area (Å²) in [7, 11) is 0. The van der Waals surface area contributed by atoms with E-state index in [1.807, 2.05) is 0 Å². The Balaban J connectivity index is 1.60. The summed E-state index contributed by atoms with van der Waals surface area (Å²) < 4.78 is 11.1. The predicted octanol–water partition coefficient (Wildman–Crippen LogP) is -0.473. The van der Waals surface area contributed by atoms with E-state index in [1.165, 1.54) is 12.3 Å². The minimum atomic E-state index is -1.11. The van der Waals surface area contributed by atoms with Crippen LogP contribution in [0.2, 0.25) is 0 Å². The van der Waals surface area contributed by atoms with Gasteiger partial charge in [0.05, 0.1) is 25.0 Å². The first-order valence-electron chi connectivity index (χ1n) is 9.53. The topological polar surface area (TPSA) is 187 Å². The van der Waals surface area contributed by atoms with Gasteiger partial charge in [0.1, 0.15) is 5.69 Å². The van der Waals surface area contributed by atoms with Crippen LogP contribution in [0.4, 0.5) is 5.82 Å². The molecular formula is C18H19N9O5. The maximum Gasteiger partial charge on any atom is 0.336 e. The molecule has 0 radical (unpaired) electrons. The van der Waals surface area contributed by atoms with E-state index in [0.29, 0.717) is 44.1 Å². The van der Waals surface area contributed by atoms with Crippen LogP contribution in [-0.2, 0) is 11.3 Å². The number of anilines is 1. The van der Waals surface area contributed by atoms with Crippen LogP contribution in [0.25, 0.3) is 5.82 Å². The Morgan fingerprint density at radius 1 is 1.25 bits per heavy atom. The highest BCUT2D eigenvalue weighted by molar-refractivity contribution is 5.99. The summed E-state index contributed by atoms with van der Waals surface area (Å²) in [6.07, 6.45) is 1.24. The molecule has 0 bridgehead atoms. The number of nitrogens with zero attached hydrogens (tertiary/aromatic N) is 7. The molecule has 14 heteroatoms. The molecule has 1 aliphatic heterocycles. The molecule has 4 N–H and O–H groups in total. The lowest BCUT2D eigenvalue weighted by molar-refractivity contribution is 0.0335.